The molecule has 8 N–H and O–H groups in total. The predicted molar refractivity (Wildman–Crippen MR) is 155 cm³/mol. The molecule has 9 nitrogen and oxygen atoms in total. The molecule has 0 bridgehead atoms. The second-order valence-corrected chi connectivity index (χ2v) is 10.9. The third-order valence-electron chi connectivity index (χ3n) is 8.19. The predicted octanol–water partition coefficient (Wildman–Crippen LogP) is 3.22. The number of aliphatic hydroxyl groups is 3. The molecule has 2 heterocycles. The van der Waals surface area contributed by atoms with E-state index >= 15 is 0 Å². The average Bonchev–Trinajstić information content (AvgIpc) is 3.78. The molecule has 2 saturated carbocycles. The first kappa shape index (κ1) is 41.0. The Labute approximate surface area is 255 Å². The maximum atomic E-state index is 12.3. The molecule has 0 spiro atoms. The van der Waals surface area contributed by atoms with Crippen LogP contribution in [0.3, 0.4) is 0 Å². The monoisotopic (exact) mass is 662 g/mol. The summed E-state index contributed by atoms with van der Waals surface area (Å²) < 4.78 is 5.41. The third-order valence-corrected chi connectivity index (χ3v) is 8.19. The van der Waals surface area contributed by atoms with Gasteiger partial charge in [0.15, 0.2) is 0 Å². The van der Waals surface area contributed by atoms with Gasteiger partial charge in [0.05, 0.1) is 11.2 Å². The largest absolute Gasteiger partial charge is 0.445 e. The van der Waals surface area contributed by atoms with Gasteiger partial charge in [0.2, 0.25) is 0 Å². The molecule has 1 aromatic carbocycles. The smallest absolute Gasteiger partial charge is 0.410 e. The summed E-state index contributed by atoms with van der Waals surface area (Å²) in [5, 5.41) is 31.4. The van der Waals surface area contributed by atoms with Crippen molar-refractivity contribution < 1.29 is 56.2 Å². The number of carbonyl (C=O) groups is 1. The fraction of sp³-hybridized carbons (Fsp3) is 0.767. The van der Waals surface area contributed by atoms with E-state index in [9.17, 15) is 15.0 Å². The van der Waals surface area contributed by atoms with Crippen molar-refractivity contribution in [3.05, 3.63) is 35.9 Å². The topological polar surface area (TPSA) is 165 Å². The molecule has 238 valence electrons. The van der Waals surface area contributed by atoms with Crippen molar-refractivity contribution in [2.24, 2.45) is 11.8 Å². The van der Waals surface area contributed by atoms with Gasteiger partial charge in [-0.2, -0.15) is 0 Å². The molecule has 4 fully saturated rings. The van der Waals surface area contributed by atoms with Crippen molar-refractivity contribution in [2.75, 3.05) is 33.3 Å². The Morgan fingerprint density at radius 2 is 1.40 bits per heavy atom. The van der Waals surface area contributed by atoms with E-state index < -0.39 is 5.60 Å². The second kappa shape index (κ2) is 20.7. The number of nitrogens with zero attached hydrogens (tertiary/aromatic N) is 1. The number of ether oxygens (including phenoxy) is 1. The van der Waals surface area contributed by atoms with Crippen molar-refractivity contribution in [1.82, 2.24) is 10.2 Å². The van der Waals surface area contributed by atoms with Gasteiger partial charge in [-0.25, -0.2) is 4.79 Å². The first-order chi connectivity index (χ1) is 17.5. The number of carbonyl (C=O) groups excluding carboxylic acids is 1. The Morgan fingerprint density at radius 1 is 0.850 bits per heavy atom. The second-order valence-electron chi connectivity index (χ2n) is 10.9. The molecule has 2 saturated heterocycles. The fourth-order valence-electron chi connectivity index (χ4n) is 5.59. The minimum absolute atomic E-state index is 0. The van der Waals surface area contributed by atoms with Crippen LogP contribution in [0.5, 0.6) is 0 Å². The summed E-state index contributed by atoms with van der Waals surface area (Å²) in [5.74, 6) is 1.09. The van der Waals surface area contributed by atoms with Crippen LogP contribution in [0, 0.1) is 11.8 Å². The van der Waals surface area contributed by atoms with Crippen molar-refractivity contribution >= 4 is 6.09 Å². The molecular formula is C30H56N2O7Pd. The molecule has 1 amide bonds. The van der Waals surface area contributed by atoms with E-state index in [0.29, 0.717) is 31.4 Å². The molecule has 5 rings (SSSR count). The van der Waals surface area contributed by atoms with Gasteiger partial charge in [-0.3, -0.25) is 0 Å². The Morgan fingerprint density at radius 3 is 1.98 bits per heavy atom. The Balaban J connectivity index is 0. The summed E-state index contributed by atoms with van der Waals surface area (Å²) in [5.41, 5.74) is 0.142. The molecule has 0 radical (unpaired) electrons. The molecule has 2 aliphatic carbocycles. The maximum absolute atomic E-state index is 12.3. The van der Waals surface area contributed by atoms with E-state index in [2.05, 4.69) is 5.32 Å². The zero-order chi connectivity index (χ0) is 25.9. The van der Waals surface area contributed by atoms with E-state index in [1.165, 1.54) is 25.7 Å². The quantitative estimate of drug-likeness (QED) is 0.362. The van der Waals surface area contributed by atoms with Gasteiger partial charge >= 0.3 is 6.09 Å². The normalized spacial score (nSPS) is 26.1. The van der Waals surface area contributed by atoms with Crippen LogP contribution in [0.4, 0.5) is 4.79 Å². The number of hydrogen-bond donors (Lipinski definition) is 4. The van der Waals surface area contributed by atoms with Crippen LogP contribution >= 0.6 is 0 Å². The van der Waals surface area contributed by atoms with E-state index in [0.717, 1.165) is 77.3 Å². The van der Waals surface area contributed by atoms with Crippen LogP contribution in [-0.4, -0.2) is 81.8 Å². The van der Waals surface area contributed by atoms with Gasteiger partial charge in [-0.15, -0.1) is 0 Å². The Bertz CT molecular complexity index is 773. The number of nitrogens with one attached hydrogen (secondary N) is 1. The van der Waals surface area contributed by atoms with Crippen LogP contribution in [0.15, 0.2) is 30.3 Å². The molecule has 0 aromatic heterocycles. The zero-order valence-electron chi connectivity index (χ0n) is 23.5. The number of aliphatic hydroxyl groups excluding tert-OH is 1. The number of likely N-dealkylation sites (tertiary alicyclic amines) is 1. The molecule has 2 atom stereocenters. The maximum Gasteiger partial charge on any atom is 0.410 e. The molecule has 1 aromatic rings. The molecule has 10 heteroatoms. The molecule has 40 heavy (non-hydrogen) atoms. The summed E-state index contributed by atoms with van der Waals surface area (Å²) in [6, 6.07) is 9.73. The minimum atomic E-state index is -0.557. The van der Waals surface area contributed by atoms with Gasteiger partial charge in [0.1, 0.15) is 6.61 Å². The number of rotatable bonds is 4. The van der Waals surface area contributed by atoms with Crippen molar-refractivity contribution in [3.8, 4) is 0 Å². The number of amides is 1. The fourth-order valence-corrected chi connectivity index (χ4v) is 5.59. The average molecular weight is 663 g/mol. The summed E-state index contributed by atoms with van der Waals surface area (Å²) in [7, 11) is 1.00. The van der Waals surface area contributed by atoms with Gasteiger partial charge in [-0.05, 0) is 108 Å². The van der Waals surface area contributed by atoms with Crippen LogP contribution < -0.4 is 5.32 Å². The molecule has 4 aliphatic rings. The first-order valence-electron chi connectivity index (χ1n) is 14.0. The molecule has 2 aliphatic heterocycles. The molecule has 2 unspecified atom stereocenters. The van der Waals surface area contributed by atoms with E-state index in [-0.39, 0.29) is 50.5 Å². The summed E-state index contributed by atoms with van der Waals surface area (Å²) >= 11 is 0. The van der Waals surface area contributed by atoms with Crippen LogP contribution in [0.1, 0.15) is 90.0 Å². The SMILES string of the molecule is C.CO.O.O.O=C(OCc1ccccc1)N1CCCCC(O)(C2CC2)CC1.OC1(C2CC2)CCCCNCC1.[Pd]. The summed E-state index contributed by atoms with van der Waals surface area (Å²) in [6.45, 7) is 3.78. The standard InChI is InChI=1S/C18H25NO3.C10H19NO.CH4O.CH4.2H2O.Pd/c20-17(22-14-15-6-2-1-3-7-15)19-12-5-4-10-18(21,11-13-19)16-8-9-16;12-10(9-3-4-9)5-1-2-7-11-8-6-10;1-2;;;;/h1-3,6-7,16,21H,4-5,8-14H2;9,11-12H,1-8H2;2H,1H3;1H4;2*1H2;. The van der Waals surface area contributed by atoms with Gasteiger partial charge < -0.3 is 41.2 Å². The van der Waals surface area contributed by atoms with E-state index in [1.54, 1.807) is 4.90 Å². The third kappa shape index (κ3) is 13.3. The van der Waals surface area contributed by atoms with Crippen molar-refractivity contribution in [3.63, 3.8) is 0 Å². The van der Waals surface area contributed by atoms with Gasteiger partial charge in [0, 0.05) is 40.6 Å². The van der Waals surface area contributed by atoms with E-state index in [4.69, 9.17) is 9.84 Å². The van der Waals surface area contributed by atoms with Crippen LogP contribution in [0.2, 0.25) is 0 Å². The minimum Gasteiger partial charge on any atom is -0.445 e. The molecular weight excluding hydrogens is 607 g/mol. The number of benzene rings is 1. The zero-order valence-corrected chi connectivity index (χ0v) is 25.0. The Kier molecular flexibility index (Phi) is 21.3. The summed E-state index contributed by atoms with van der Waals surface area (Å²) in [6.07, 6.45) is 12.4. The van der Waals surface area contributed by atoms with Crippen molar-refractivity contribution in [2.45, 2.75) is 102 Å². The van der Waals surface area contributed by atoms with Crippen molar-refractivity contribution in [1.29, 1.82) is 0 Å². The van der Waals surface area contributed by atoms with Crippen LogP contribution in [-0.2, 0) is 31.8 Å². The van der Waals surface area contributed by atoms with Gasteiger partial charge in [0.25, 0.3) is 0 Å². The van der Waals surface area contributed by atoms with Gasteiger partial charge in [-0.1, -0.05) is 37.8 Å². The number of hydrogen-bond acceptors (Lipinski definition) is 6. The van der Waals surface area contributed by atoms with Crippen LogP contribution in [0.25, 0.3) is 0 Å². The Hall–Kier alpha value is -1.09. The first-order valence-corrected chi connectivity index (χ1v) is 14.0. The summed E-state index contributed by atoms with van der Waals surface area (Å²) in [4.78, 5) is 14.0. The van der Waals surface area contributed by atoms with E-state index in [1.807, 2.05) is 30.3 Å².